The number of aryl methyl sites for hydroxylation is 1. The Morgan fingerprint density at radius 3 is 2.29 bits per heavy atom. The highest BCUT2D eigenvalue weighted by molar-refractivity contribution is 7.99. The molecule has 2 aromatic carbocycles. The van der Waals surface area contributed by atoms with Crippen molar-refractivity contribution in [2.24, 2.45) is 7.05 Å². The van der Waals surface area contributed by atoms with Gasteiger partial charge in [-0.05, 0) is 36.8 Å². The van der Waals surface area contributed by atoms with E-state index in [0.29, 0.717) is 16.5 Å². The lowest BCUT2D eigenvalue weighted by Crippen LogP contribution is -2.14. The number of benzene rings is 2. The molecule has 0 spiro atoms. The second-order valence-corrected chi connectivity index (χ2v) is 7.22. The summed E-state index contributed by atoms with van der Waals surface area (Å²) in [4.78, 5) is 23.3. The average Bonchev–Trinajstić information content (AvgIpc) is 3.02. The molecule has 0 saturated heterocycles. The Hall–Kier alpha value is -3.13. The van der Waals surface area contributed by atoms with Gasteiger partial charge in [0.25, 0.3) is 0 Å². The van der Waals surface area contributed by atoms with Crippen LogP contribution in [0.2, 0.25) is 0 Å². The maximum absolute atomic E-state index is 12.2. The minimum Gasteiger partial charge on any atom is -0.326 e. The van der Waals surface area contributed by atoms with Crippen molar-refractivity contribution in [1.29, 1.82) is 0 Å². The summed E-state index contributed by atoms with van der Waals surface area (Å²) in [5, 5.41) is 14.7. The van der Waals surface area contributed by atoms with Crippen LogP contribution in [-0.4, -0.2) is 32.3 Å². The molecule has 0 atom stereocenters. The van der Waals surface area contributed by atoms with Gasteiger partial charge < -0.3 is 15.2 Å². The van der Waals surface area contributed by atoms with Gasteiger partial charge in [0.2, 0.25) is 11.8 Å². The molecule has 0 aliphatic rings. The van der Waals surface area contributed by atoms with Gasteiger partial charge in [-0.3, -0.25) is 9.59 Å². The van der Waals surface area contributed by atoms with Gasteiger partial charge in [-0.25, -0.2) is 0 Å². The SMILES string of the molecule is CC(=O)Nc1ccc(NC(=O)CSc2nnc(-c3ccccc3C)n2C)cc1. The molecule has 1 aromatic heterocycles. The molecule has 2 N–H and O–H groups in total. The highest BCUT2D eigenvalue weighted by Crippen LogP contribution is 2.25. The van der Waals surface area contributed by atoms with Crippen LogP contribution in [0.4, 0.5) is 11.4 Å². The number of nitrogens with zero attached hydrogens (tertiary/aromatic N) is 3. The first-order valence-electron chi connectivity index (χ1n) is 8.69. The Labute approximate surface area is 167 Å². The van der Waals surface area contributed by atoms with E-state index in [0.717, 1.165) is 17.0 Å². The molecule has 8 heteroatoms. The third kappa shape index (κ3) is 4.77. The van der Waals surface area contributed by atoms with Crippen molar-refractivity contribution in [1.82, 2.24) is 14.8 Å². The van der Waals surface area contributed by atoms with Crippen molar-refractivity contribution >= 4 is 35.0 Å². The summed E-state index contributed by atoms with van der Waals surface area (Å²) in [7, 11) is 1.89. The maximum Gasteiger partial charge on any atom is 0.234 e. The first kappa shape index (κ1) is 19.6. The predicted molar refractivity (Wildman–Crippen MR) is 111 cm³/mol. The number of hydrogen-bond donors (Lipinski definition) is 2. The molecule has 0 saturated carbocycles. The first-order valence-corrected chi connectivity index (χ1v) is 9.68. The molecule has 144 valence electrons. The van der Waals surface area contributed by atoms with Crippen LogP contribution in [0, 0.1) is 6.92 Å². The summed E-state index contributed by atoms with van der Waals surface area (Å²) in [6, 6.07) is 14.9. The Morgan fingerprint density at radius 2 is 1.64 bits per heavy atom. The molecule has 7 nitrogen and oxygen atoms in total. The number of thioether (sulfide) groups is 1. The molecule has 3 rings (SSSR count). The van der Waals surface area contributed by atoms with Crippen LogP contribution in [0.15, 0.2) is 53.7 Å². The van der Waals surface area contributed by atoms with E-state index in [1.165, 1.54) is 18.7 Å². The minimum atomic E-state index is -0.141. The lowest BCUT2D eigenvalue weighted by Gasteiger charge is -2.08. The zero-order valence-corrected chi connectivity index (χ0v) is 16.7. The third-order valence-electron chi connectivity index (χ3n) is 4.04. The van der Waals surface area contributed by atoms with Crippen molar-refractivity contribution in [3.05, 3.63) is 54.1 Å². The quantitative estimate of drug-likeness (QED) is 0.624. The van der Waals surface area contributed by atoms with Crippen LogP contribution < -0.4 is 10.6 Å². The van der Waals surface area contributed by atoms with E-state index in [2.05, 4.69) is 20.8 Å². The number of hydrogen-bond acceptors (Lipinski definition) is 5. The van der Waals surface area contributed by atoms with E-state index in [4.69, 9.17) is 0 Å². The fourth-order valence-corrected chi connectivity index (χ4v) is 3.38. The maximum atomic E-state index is 12.2. The van der Waals surface area contributed by atoms with Gasteiger partial charge in [0.15, 0.2) is 11.0 Å². The number of rotatable bonds is 6. The van der Waals surface area contributed by atoms with Crippen molar-refractivity contribution in [2.75, 3.05) is 16.4 Å². The molecular formula is C20H21N5O2S. The van der Waals surface area contributed by atoms with Crippen LogP contribution in [0.25, 0.3) is 11.4 Å². The Bertz CT molecular complexity index is 998. The standard InChI is InChI=1S/C20H21N5O2S/c1-13-6-4-5-7-17(13)19-23-24-20(25(19)3)28-12-18(27)22-16-10-8-15(9-11-16)21-14(2)26/h4-11H,12H2,1-3H3,(H,21,26)(H,22,27). The van der Waals surface area contributed by atoms with E-state index in [1.807, 2.05) is 42.8 Å². The van der Waals surface area contributed by atoms with Gasteiger partial charge in [0, 0.05) is 30.9 Å². The van der Waals surface area contributed by atoms with Gasteiger partial charge in [0.05, 0.1) is 5.75 Å². The summed E-state index contributed by atoms with van der Waals surface area (Å²) < 4.78 is 1.89. The lowest BCUT2D eigenvalue weighted by molar-refractivity contribution is -0.114. The van der Waals surface area contributed by atoms with Crippen molar-refractivity contribution < 1.29 is 9.59 Å². The van der Waals surface area contributed by atoms with Gasteiger partial charge in [-0.1, -0.05) is 36.0 Å². The third-order valence-corrected chi connectivity index (χ3v) is 5.06. The van der Waals surface area contributed by atoms with E-state index >= 15 is 0 Å². The summed E-state index contributed by atoms with van der Waals surface area (Å²) in [6.07, 6.45) is 0. The van der Waals surface area contributed by atoms with E-state index in [-0.39, 0.29) is 17.6 Å². The number of anilines is 2. The minimum absolute atomic E-state index is 0.137. The molecule has 0 aliphatic carbocycles. The fraction of sp³-hybridized carbons (Fsp3) is 0.200. The number of carbonyl (C=O) groups excluding carboxylic acids is 2. The summed E-state index contributed by atoms with van der Waals surface area (Å²) >= 11 is 1.33. The topological polar surface area (TPSA) is 88.9 Å². The highest BCUT2D eigenvalue weighted by atomic mass is 32.2. The Kier molecular flexibility index (Phi) is 6.10. The number of nitrogens with one attached hydrogen (secondary N) is 2. The monoisotopic (exact) mass is 395 g/mol. The highest BCUT2D eigenvalue weighted by Gasteiger charge is 2.14. The summed E-state index contributed by atoms with van der Waals surface area (Å²) in [5.41, 5.74) is 3.49. The van der Waals surface area contributed by atoms with E-state index < -0.39 is 0 Å². The van der Waals surface area contributed by atoms with Gasteiger partial charge in [0.1, 0.15) is 0 Å². The summed E-state index contributed by atoms with van der Waals surface area (Å²) in [6.45, 7) is 3.48. The van der Waals surface area contributed by atoms with Crippen LogP contribution in [-0.2, 0) is 16.6 Å². The average molecular weight is 395 g/mol. The molecular weight excluding hydrogens is 374 g/mol. The molecule has 2 amide bonds. The van der Waals surface area contributed by atoms with E-state index in [1.54, 1.807) is 24.3 Å². The Balaban J connectivity index is 1.59. The second kappa shape index (κ2) is 8.71. The van der Waals surface area contributed by atoms with Gasteiger partial charge in [-0.2, -0.15) is 0 Å². The largest absolute Gasteiger partial charge is 0.326 e. The van der Waals surface area contributed by atoms with Crippen molar-refractivity contribution in [3.8, 4) is 11.4 Å². The van der Waals surface area contributed by atoms with E-state index in [9.17, 15) is 9.59 Å². The molecule has 0 aliphatic heterocycles. The van der Waals surface area contributed by atoms with Crippen LogP contribution in [0.5, 0.6) is 0 Å². The first-order chi connectivity index (χ1) is 13.4. The van der Waals surface area contributed by atoms with Crippen LogP contribution >= 0.6 is 11.8 Å². The zero-order valence-electron chi connectivity index (χ0n) is 15.9. The number of amides is 2. The van der Waals surface area contributed by atoms with Crippen LogP contribution in [0.1, 0.15) is 12.5 Å². The molecule has 3 aromatic rings. The molecule has 0 fully saturated rings. The number of carbonyl (C=O) groups is 2. The molecule has 0 bridgehead atoms. The van der Waals surface area contributed by atoms with Crippen molar-refractivity contribution in [3.63, 3.8) is 0 Å². The fourth-order valence-electron chi connectivity index (χ4n) is 2.67. The predicted octanol–water partition coefficient (Wildman–Crippen LogP) is 3.48. The van der Waals surface area contributed by atoms with Gasteiger partial charge >= 0.3 is 0 Å². The lowest BCUT2D eigenvalue weighted by atomic mass is 10.1. The Morgan fingerprint density at radius 1 is 1.00 bits per heavy atom. The normalized spacial score (nSPS) is 10.5. The second-order valence-electron chi connectivity index (χ2n) is 6.28. The molecule has 0 radical (unpaired) electrons. The van der Waals surface area contributed by atoms with Crippen LogP contribution in [0.3, 0.4) is 0 Å². The summed E-state index contributed by atoms with van der Waals surface area (Å²) in [5.74, 6) is 0.710. The number of aromatic nitrogens is 3. The molecule has 0 unspecified atom stereocenters. The smallest absolute Gasteiger partial charge is 0.234 e. The van der Waals surface area contributed by atoms with Gasteiger partial charge in [-0.15, -0.1) is 10.2 Å². The molecule has 28 heavy (non-hydrogen) atoms. The zero-order chi connectivity index (χ0) is 20.1. The molecule has 1 heterocycles. The van der Waals surface area contributed by atoms with Crippen molar-refractivity contribution in [2.45, 2.75) is 19.0 Å².